The van der Waals surface area contributed by atoms with Crippen LogP contribution in [0.25, 0.3) is 0 Å². The third-order valence-corrected chi connectivity index (χ3v) is 2.50. The zero-order chi connectivity index (χ0) is 12.1. The van der Waals surface area contributed by atoms with Gasteiger partial charge in [-0.25, -0.2) is 10.8 Å². The van der Waals surface area contributed by atoms with E-state index in [1.54, 1.807) is 6.07 Å². The Labute approximate surface area is 100.0 Å². The van der Waals surface area contributed by atoms with Crippen molar-refractivity contribution in [3.63, 3.8) is 0 Å². The summed E-state index contributed by atoms with van der Waals surface area (Å²) in [5, 5.41) is 6.01. The maximum absolute atomic E-state index is 11.4. The molecule has 6 heteroatoms. The van der Waals surface area contributed by atoms with Gasteiger partial charge in [0.25, 0.3) is 0 Å². The van der Waals surface area contributed by atoms with Crippen molar-refractivity contribution in [3.8, 4) is 0 Å². The summed E-state index contributed by atoms with van der Waals surface area (Å²) in [6.45, 7) is 0.569. The standard InChI is InChI=1S/C11H17N5O/c12-16-10-3-1-2-9(15-10)13-7-6-11(17)14-8-4-5-8/h1-3,8H,4-7,12H2,(H,14,17)(H2,13,15,16). The average molecular weight is 235 g/mol. The number of nitrogens with one attached hydrogen (secondary N) is 3. The molecule has 1 fully saturated rings. The number of nitrogen functional groups attached to an aromatic ring is 1. The van der Waals surface area contributed by atoms with Crippen LogP contribution in [0.2, 0.25) is 0 Å². The summed E-state index contributed by atoms with van der Waals surface area (Å²) in [4.78, 5) is 15.6. The zero-order valence-electron chi connectivity index (χ0n) is 9.57. The molecule has 0 bridgehead atoms. The molecule has 0 atom stereocenters. The minimum atomic E-state index is 0.0908. The van der Waals surface area contributed by atoms with Crippen LogP contribution in [0.5, 0.6) is 0 Å². The van der Waals surface area contributed by atoms with Crippen LogP contribution in [0, 0.1) is 0 Å². The lowest BCUT2D eigenvalue weighted by Gasteiger charge is -2.07. The smallest absolute Gasteiger partial charge is 0.221 e. The van der Waals surface area contributed by atoms with Gasteiger partial charge in [-0.15, -0.1) is 0 Å². The number of aromatic nitrogens is 1. The van der Waals surface area contributed by atoms with E-state index < -0.39 is 0 Å². The molecule has 92 valence electrons. The van der Waals surface area contributed by atoms with Crippen molar-refractivity contribution >= 4 is 17.5 Å². The van der Waals surface area contributed by atoms with Crippen molar-refractivity contribution in [2.75, 3.05) is 17.3 Å². The van der Waals surface area contributed by atoms with E-state index in [1.807, 2.05) is 12.1 Å². The Balaban J connectivity index is 1.71. The Morgan fingerprint density at radius 3 is 2.88 bits per heavy atom. The maximum Gasteiger partial charge on any atom is 0.221 e. The highest BCUT2D eigenvalue weighted by Gasteiger charge is 2.22. The molecule has 1 aliphatic rings. The fourth-order valence-corrected chi connectivity index (χ4v) is 1.45. The number of hydrazine groups is 1. The molecule has 0 aliphatic heterocycles. The summed E-state index contributed by atoms with van der Waals surface area (Å²) in [5.41, 5.74) is 2.47. The van der Waals surface area contributed by atoms with E-state index in [0.717, 1.165) is 12.8 Å². The lowest BCUT2D eigenvalue weighted by molar-refractivity contribution is -0.120. The van der Waals surface area contributed by atoms with Crippen LogP contribution in [0.15, 0.2) is 18.2 Å². The Hall–Kier alpha value is -1.82. The van der Waals surface area contributed by atoms with Gasteiger partial charge in [-0.1, -0.05) is 6.07 Å². The van der Waals surface area contributed by atoms with E-state index in [-0.39, 0.29) is 5.91 Å². The van der Waals surface area contributed by atoms with Gasteiger partial charge in [0.1, 0.15) is 11.6 Å². The Bertz CT molecular complexity index is 391. The number of carbonyl (C=O) groups is 1. The molecule has 0 aromatic carbocycles. The van der Waals surface area contributed by atoms with Gasteiger partial charge in [-0.2, -0.15) is 0 Å². The monoisotopic (exact) mass is 235 g/mol. The summed E-state index contributed by atoms with van der Waals surface area (Å²) in [6.07, 6.45) is 2.69. The van der Waals surface area contributed by atoms with Crippen LogP contribution < -0.4 is 21.9 Å². The van der Waals surface area contributed by atoms with Gasteiger partial charge in [0.2, 0.25) is 5.91 Å². The molecule has 6 nitrogen and oxygen atoms in total. The average Bonchev–Trinajstić information content (AvgIpc) is 3.13. The Morgan fingerprint density at radius 2 is 2.18 bits per heavy atom. The second-order valence-electron chi connectivity index (χ2n) is 4.07. The summed E-state index contributed by atoms with van der Waals surface area (Å²) >= 11 is 0. The van der Waals surface area contributed by atoms with Gasteiger partial charge in [-0.3, -0.25) is 4.79 Å². The summed E-state index contributed by atoms with van der Waals surface area (Å²) in [7, 11) is 0. The van der Waals surface area contributed by atoms with Gasteiger partial charge in [0, 0.05) is 19.0 Å². The number of pyridine rings is 1. The van der Waals surface area contributed by atoms with Crippen LogP contribution in [0.3, 0.4) is 0 Å². The predicted octanol–water partition coefficient (Wildman–Crippen LogP) is 0.448. The topological polar surface area (TPSA) is 92.1 Å². The lowest BCUT2D eigenvalue weighted by Crippen LogP contribution is -2.27. The van der Waals surface area contributed by atoms with Crippen molar-refractivity contribution < 1.29 is 4.79 Å². The van der Waals surface area contributed by atoms with Gasteiger partial charge < -0.3 is 16.1 Å². The minimum absolute atomic E-state index is 0.0908. The van der Waals surface area contributed by atoms with Crippen molar-refractivity contribution in [1.29, 1.82) is 0 Å². The molecule has 0 unspecified atom stereocenters. The molecule has 1 saturated carbocycles. The second kappa shape index (κ2) is 5.49. The third kappa shape index (κ3) is 3.92. The van der Waals surface area contributed by atoms with E-state index in [0.29, 0.717) is 30.6 Å². The molecule has 1 amide bonds. The number of hydrogen-bond acceptors (Lipinski definition) is 5. The minimum Gasteiger partial charge on any atom is -0.369 e. The van der Waals surface area contributed by atoms with E-state index in [1.165, 1.54) is 0 Å². The number of nitrogens with two attached hydrogens (primary N) is 1. The van der Waals surface area contributed by atoms with Crippen molar-refractivity contribution in [2.45, 2.75) is 25.3 Å². The van der Waals surface area contributed by atoms with Gasteiger partial charge in [0.05, 0.1) is 0 Å². The van der Waals surface area contributed by atoms with Crippen molar-refractivity contribution in [3.05, 3.63) is 18.2 Å². The number of anilines is 2. The molecule has 1 heterocycles. The molecule has 0 radical (unpaired) electrons. The highest BCUT2D eigenvalue weighted by Crippen LogP contribution is 2.18. The van der Waals surface area contributed by atoms with Crippen LogP contribution >= 0.6 is 0 Å². The SMILES string of the molecule is NNc1cccc(NCCC(=O)NC2CC2)n1. The van der Waals surface area contributed by atoms with Crippen LogP contribution in [0.1, 0.15) is 19.3 Å². The van der Waals surface area contributed by atoms with Crippen molar-refractivity contribution in [1.82, 2.24) is 10.3 Å². The first-order chi connectivity index (χ1) is 8.28. The molecule has 0 spiro atoms. The van der Waals surface area contributed by atoms with Gasteiger partial charge >= 0.3 is 0 Å². The first kappa shape index (κ1) is 11.7. The number of hydrogen-bond donors (Lipinski definition) is 4. The Kier molecular flexibility index (Phi) is 3.77. The quantitative estimate of drug-likeness (QED) is 0.424. The molecule has 1 aliphatic carbocycles. The first-order valence-corrected chi connectivity index (χ1v) is 5.75. The highest BCUT2D eigenvalue weighted by molar-refractivity contribution is 5.77. The number of amides is 1. The van der Waals surface area contributed by atoms with Crippen LogP contribution in [-0.4, -0.2) is 23.5 Å². The van der Waals surface area contributed by atoms with E-state index in [4.69, 9.17) is 5.84 Å². The molecule has 1 aromatic heterocycles. The molecular formula is C11H17N5O. The molecular weight excluding hydrogens is 218 g/mol. The predicted molar refractivity (Wildman–Crippen MR) is 66.3 cm³/mol. The number of nitrogens with zero attached hydrogens (tertiary/aromatic N) is 1. The number of rotatable bonds is 6. The summed E-state index contributed by atoms with van der Waals surface area (Å²) in [6, 6.07) is 5.87. The molecule has 2 rings (SSSR count). The summed E-state index contributed by atoms with van der Waals surface area (Å²) in [5.74, 6) is 6.65. The van der Waals surface area contributed by atoms with Gasteiger partial charge in [0.15, 0.2) is 0 Å². The highest BCUT2D eigenvalue weighted by atomic mass is 16.1. The third-order valence-electron chi connectivity index (χ3n) is 2.50. The fraction of sp³-hybridized carbons (Fsp3) is 0.455. The van der Waals surface area contributed by atoms with Crippen LogP contribution in [-0.2, 0) is 4.79 Å². The number of carbonyl (C=O) groups excluding carboxylic acids is 1. The van der Waals surface area contributed by atoms with Crippen LogP contribution in [0.4, 0.5) is 11.6 Å². The molecule has 17 heavy (non-hydrogen) atoms. The fourth-order valence-electron chi connectivity index (χ4n) is 1.45. The molecule has 1 aromatic rings. The lowest BCUT2D eigenvalue weighted by atomic mass is 10.3. The largest absolute Gasteiger partial charge is 0.369 e. The second-order valence-corrected chi connectivity index (χ2v) is 4.07. The van der Waals surface area contributed by atoms with Gasteiger partial charge in [-0.05, 0) is 25.0 Å². The molecule has 0 saturated heterocycles. The van der Waals surface area contributed by atoms with E-state index in [9.17, 15) is 4.79 Å². The molecule has 5 N–H and O–H groups in total. The van der Waals surface area contributed by atoms with Crippen molar-refractivity contribution in [2.24, 2.45) is 5.84 Å². The van der Waals surface area contributed by atoms with E-state index in [2.05, 4.69) is 21.0 Å². The zero-order valence-corrected chi connectivity index (χ0v) is 9.57. The normalized spacial score (nSPS) is 14.2. The summed E-state index contributed by atoms with van der Waals surface area (Å²) < 4.78 is 0. The maximum atomic E-state index is 11.4. The Morgan fingerprint density at radius 1 is 1.41 bits per heavy atom. The first-order valence-electron chi connectivity index (χ1n) is 5.75. The van der Waals surface area contributed by atoms with E-state index >= 15 is 0 Å².